The maximum atomic E-state index is 6.01. The molecule has 2 aromatic rings. The highest BCUT2D eigenvalue weighted by Gasteiger charge is 2.16. The van der Waals surface area contributed by atoms with Gasteiger partial charge in [-0.25, -0.2) is 0 Å². The van der Waals surface area contributed by atoms with Crippen LogP contribution in [0.2, 0.25) is 0 Å². The number of aryl methyl sites for hydroxylation is 2. The van der Waals surface area contributed by atoms with E-state index in [4.69, 9.17) is 10.2 Å². The average Bonchev–Trinajstić information content (AvgIpc) is 2.94. The smallest absolute Gasteiger partial charge is 0.158 e. The molecule has 0 fully saturated rings. The monoisotopic (exact) mass is 297 g/mol. The van der Waals surface area contributed by atoms with Crippen LogP contribution in [0.5, 0.6) is 0 Å². The van der Waals surface area contributed by atoms with Gasteiger partial charge in [-0.1, -0.05) is 56.9 Å². The van der Waals surface area contributed by atoms with Crippen LogP contribution in [-0.2, 0) is 6.42 Å². The van der Waals surface area contributed by atoms with Gasteiger partial charge < -0.3 is 10.2 Å². The molecule has 0 saturated heterocycles. The summed E-state index contributed by atoms with van der Waals surface area (Å²) < 4.78 is 5.79. The number of hydrogen-bond acceptors (Lipinski definition) is 2. The second kappa shape index (κ2) is 8.93. The molecule has 3 rings (SSSR count). The molecule has 0 unspecified atom stereocenters. The number of fused-ring (bicyclic) bond motifs is 3. The van der Waals surface area contributed by atoms with E-state index in [0.29, 0.717) is 0 Å². The first-order valence-electron chi connectivity index (χ1n) is 7.89. The summed E-state index contributed by atoms with van der Waals surface area (Å²) in [6.45, 7) is 11.4. The predicted octanol–water partition coefficient (Wildman–Crippen LogP) is 6.06. The molecule has 0 spiro atoms. The first kappa shape index (κ1) is 17.8. The second-order valence-corrected chi connectivity index (χ2v) is 4.82. The van der Waals surface area contributed by atoms with Crippen molar-refractivity contribution >= 4 is 22.7 Å². The van der Waals surface area contributed by atoms with Crippen LogP contribution in [0.3, 0.4) is 0 Å². The molecule has 0 amide bonds. The largest absolute Gasteiger partial charge is 0.454 e. The van der Waals surface area contributed by atoms with Gasteiger partial charge in [0.1, 0.15) is 5.76 Å². The number of hydrogen-bond donors (Lipinski definition) is 1. The van der Waals surface area contributed by atoms with Crippen molar-refractivity contribution in [3.63, 3.8) is 0 Å². The van der Waals surface area contributed by atoms with Gasteiger partial charge in [0.15, 0.2) is 5.58 Å². The van der Waals surface area contributed by atoms with Crippen LogP contribution in [0.4, 0.5) is 5.69 Å². The fourth-order valence-electron chi connectivity index (χ4n) is 2.30. The molecule has 2 heteroatoms. The zero-order valence-electron chi connectivity index (χ0n) is 14.1. The van der Waals surface area contributed by atoms with Crippen LogP contribution in [0.1, 0.15) is 44.1 Å². The van der Waals surface area contributed by atoms with Gasteiger partial charge in [-0.2, -0.15) is 0 Å². The van der Waals surface area contributed by atoms with Crippen LogP contribution >= 0.6 is 0 Å². The van der Waals surface area contributed by atoms with E-state index in [0.717, 1.165) is 35.4 Å². The van der Waals surface area contributed by atoms with Crippen molar-refractivity contribution in [1.29, 1.82) is 0 Å². The van der Waals surface area contributed by atoms with Crippen molar-refractivity contribution in [1.82, 2.24) is 0 Å². The molecule has 1 heterocycles. The number of benzene rings is 1. The molecule has 22 heavy (non-hydrogen) atoms. The predicted molar refractivity (Wildman–Crippen MR) is 99.1 cm³/mol. The van der Waals surface area contributed by atoms with Crippen molar-refractivity contribution in [3.8, 4) is 0 Å². The fraction of sp³-hybridized carbons (Fsp3) is 0.300. The Bertz CT molecular complexity index is 675. The molecule has 0 aliphatic heterocycles. The van der Waals surface area contributed by atoms with Crippen molar-refractivity contribution in [2.75, 3.05) is 5.73 Å². The number of rotatable bonds is 1. The zero-order valence-corrected chi connectivity index (χ0v) is 14.1. The minimum atomic E-state index is 0.773. The van der Waals surface area contributed by atoms with E-state index in [1.54, 1.807) is 6.08 Å². The van der Waals surface area contributed by atoms with Crippen molar-refractivity contribution in [2.24, 2.45) is 0 Å². The maximum absolute atomic E-state index is 6.01. The summed E-state index contributed by atoms with van der Waals surface area (Å²) in [5, 5.41) is 1.18. The number of nitrogens with two attached hydrogens (primary N) is 1. The molecule has 1 aliphatic carbocycles. The van der Waals surface area contributed by atoms with E-state index in [-0.39, 0.29) is 0 Å². The summed E-state index contributed by atoms with van der Waals surface area (Å²) in [7, 11) is 0. The molecule has 1 aliphatic rings. The lowest BCUT2D eigenvalue weighted by Crippen LogP contribution is -1.91. The minimum absolute atomic E-state index is 0.773. The third-order valence-corrected chi connectivity index (χ3v) is 3.41. The van der Waals surface area contributed by atoms with Crippen molar-refractivity contribution in [3.05, 3.63) is 59.9 Å². The van der Waals surface area contributed by atoms with E-state index in [9.17, 15) is 0 Å². The number of allylic oxidation sites excluding steroid dienone is 4. The molecule has 1 aromatic heterocycles. The molecular weight excluding hydrogens is 270 g/mol. The quantitative estimate of drug-likeness (QED) is 0.513. The lowest BCUT2D eigenvalue weighted by molar-refractivity contribution is 0.596. The Morgan fingerprint density at radius 3 is 2.59 bits per heavy atom. The molecule has 0 saturated carbocycles. The van der Waals surface area contributed by atoms with Crippen molar-refractivity contribution in [2.45, 2.75) is 40.5 Å². The summed E-state index contributed by atoms with van der Waals surface area (Å²) >= 11 is 0. The topological polar surface area (TPSA) is 39.2 Å². The Balaban J connectivity index is 0.000000299. The first-order valence-corrected chi connectivity index (χ1v) is 7.89. The lowest BCUT2D eigenvalue weighted by Gasteiger charge is -2.02. The standard InChI is InChI=1S/C13H13NO.C5H8.C2H6/c1-8-6-7-10-9-4-2-3-5-11(9)15-13(10)12(8)14;1-3-5-4-2;1-2/h3,5-7H,2,4,14H2,1H3;3-5H,1H2,2H3;1-2H3/b;5-4-;. The highest BCUT2D eigenvalue weighted by Crippen LogP contribution is 2.35. The molecule has 0 bridgehead atoms. The van der Waals surface area contributed by atoms with Gasteiger partial charge >= 0.3 is 0 Å². The van der Waals surface area contributed by atoms with Gasteiger partial charge in [-0.15, -0.1) is 0 Å². The third kappa shape index (κ3) is 3.91. The Morgan fingerprint density at radius 2 is 2.00 bits per heavy atom. The van der Waals surface area contributed by atoms with E-state index in [2.05, 4.69) is 24.8 Å². The van der Waals surface area contributed by atoms with E-state index >= 15 is 0 Å². The Morgan fingerprint density at radius 1 is 1.27 bits per heavy atom. The van der Waals surface area contributed by atoms with Crippen LogP contribution < -0.4 is 5.73 Å². The highest BCUT2D eigenvalue weighted by atomic mass is 16.3. The summed E-state index contributed by atoms with van der Waals surface area (Å²) in [5.41, 5.74) is 10.0. The van der Waals surface area contributed by atoms with Crippen LogP contribution in [0.25, 0.3) is 17.0 Å². The fourth-order valence-corrected chi connectivity index (χ4v) is 2.30. The summed E-state index contributed by atoms with van der Waals surface area (Å²) in [6.07, 6.45) is 11.9. The molecule has 2 nitrogen and oxygen atoms in total. The van der Waals surface area contributed by atoms with Gasteiger partial charge in [0.2, 0.25) is 0 Å². The Hall–Kier alpha value is -2.22. The second-order valence-electron chi connectivity index (χ2n) is 4.82. The molecule has 1 aromatic carbocycles. The molecule has 2 N–H and O–H groups in total. The third-order valence-electron chi connectivity index (χ3n) is 3.41. The number of furan rings is 1. The van der Waals surface area contributed by atoms with Gasteiger partial charge in [0, 0.05) is 10.9 Å². The van der Waals surface area contributed by atoms with E-state index < -0.39 is 0 Å². The van der Waals surface area contributed by atoms with Crippen LogP contribution in [0, 0.1) is 6.92 Å². The van der Waals surface area contributed by atoms with Crippen molar-refractivity contribution < 1.29 is 4.42 Å². The summed E-state index contributed by atoms with van der Waals surface area (Å²) in [5.74, 6) is 0.980. The first-order chi connectivity index (χ1) is 10.7. The van der Waals surface area contributed by atoms with E-state index in [1.165, 1.54) is 10.9 Å². The summed E-state index contributed by atoms with van der Waals surface area (Å²) in [4.78, 5) is 0. The minimum Gasteiger partial charge on any atom is -0.454 e. The molecule has 0 atom stereocenters. The van der Waals surface area contributed by atoms with Crippen LogP contribution in [0.15, 0.2) is 47.4 Å². The summed E-state index contributed by atoms with van der Waals surface area (Å²) in [6, 6.07) is 4.17. The average molecular weight is 297 g/mol. The van der Waals surface area contributed by atoms with Crippen LogP contribution in [-0.4, -0.2) is 0 Å². The highest BCUT2D eigenvalue weighted by molar-refractivity contribution is 5.94. The van der Waals surface area contributed by atoms with Gasteiger partial charge in [0.25, 0.3) is 0 Å². The normalized spacial score (nSPS) is 12.2. The number of anilines is 1. The SMILES string of the molecule is C=C/C=C\C.CC.Cc1ccc2c3c(oc2c1N)C=CCC3. The maximum Gasteiger partial charge on any atom is 0.158 e. The molecule has 0 radical (unpaired) electrons. The zero-order chi connectivity index (χ0) is 16.5. The van der Waals surface area contributed by atoms with E-state index in [1.807, 2.05) is 45.9 Å². The Kier molecular flexibility index (Phi) is 7.24. The lowest BCUT2D eigenvalue weighted by atomic mass is 10.00. The Labute approximate surface area is 134 Å². The van der Waals surface area contributed by atoms with Gasteiger partial charge in [0.05, 0.1) is 5.69 Å². The van der Waals surface area contributed by atoms with Gasteiger partial charge in [-0.3, -0.25) is 0 Å². The number of nitrogen functional groups attached to an aromatic ring is 1. The van der Waals surface area contributed by atoms with Gasteiger partial charge in [-0.05, 0) is 38.3 Å². The molecule has 118 valence electrons. The molecular formula is C20H27NO.